The van der Waals surface area contributed by atoms with E-state index in [9.17, 15) is 21.6 Å². The number of hydrogen-bond acceptors (Lipinski definition) is 3. The third kappa shape index (κ3) is 5.46. The lowest BCUT2D eigenvalue weighted by Crippen LogP contribution is -2.43. The standard InChI is InChI=1S/C13H17F3N2O2S.C3H8/c1-18(11-5-7-17-8-6-11)21(19,20)12-4-2-3-10(9-12)13(14,15)16;1-3-2/h2-4,9,11,17H,5-8H2,1H3;3H2,1-2H3. The van der Waals surface area contributed by atoms with Crippen molar-refractivity contribution in [1.29, 1.82) is 0 Å². The first-order valence-electron chi connectivity index (χ1n) is 8.00. The normalized spacial score (nSPS) is 16.6. The maximum Gasteiger partial charge on any atom is 0.416 e. The van der Waals surface area contributed by atoms with Crippen LogP contribution < -0.4 is 5.32 Å². The van der Waals surface area contributed by atoms with E-state index in [-0.39, 0.29) is 10.9 Å². The molecule has 0 aromatic heterocycles. The summed E-state index contributed by atoms with van der Waals surface area (Å²) in [6.45, 7) is 5.65. The minimum atomic E-state index is -4.56. The van der Waals surface area contributed by atoms with Crippen molar-refractivity contribution in [1.82, 2.24) is 9.62 Å². The molecule has 0 spiro atoms. The van der Waals surface area contributed by atoms with Crippen molar-refractivity contribution in [2.75, 3.05) is 20.1 Å². The molecule has 24 heavy (non-hydrogen) atoms. The van der Waals surface area contributed by atoms with Gasteiger partial charge in [-0.15, -0.1) is 0 Å². The highest BCUT2D eigenvalue weighted by Gasteiger charge is 2.34. The van der Waals surface area contributed by atoms with Gasteiger partial charge in [0, 0.05) is 13.1 Å². The topological polar surface area (TPSA) is 49.4 Å². The molecular weight excluding hydrogens is 341 g/mol. The van der Waals surface area contributed by atoms with E-state index in [1.807, 2.05) is 0 Å². The number of nitrogens with one attached hydrogen (secondary N) is 1. The highest BCUT2D eigenvalue weighted by molar-refractivity contribution is 7.89. The van der Waals surface area contributed by atoms with Crippen molar-refractivity contribution in [3.63, 3.8) is 0 Å². The highest BCUT2D eigenvalue weighted by Crippen LogP contribution is 2.31. The predicted octanol–water partition coefficient (Wildman–Crippen LogP) is 3.49. The van der Waals surface area contributed by atoms with Crippen LogP contribution in [0.15, 0.2) is 29.2 Å². The largest absolute Gasteiger partial charge is 0.416 e. The van der Waals surface area contributed by atoms with Crippen LogP contribution in [0.2, 0.25) is 0 Å². The lowest BCUT2D eigenvalue weighted by molar-refractivity contribution is -0.137. The monoisotopic (exact) mass is 366 g/mol. The first kappa shape index (κ1) is 20.9. The lowest BCUT2D eigenvalue weighted by atomic mass is 10.1. The maximum absolute atomic E-state index is 12.7. The van der Waals surface area contributed by atoms with Gasteiger partial charge in [-0.3, -0.25) is 0 Å². The Balaban J connectivity index is 0.000000891. The number of benzene rings is 1. The van der Waals surface area contributed by atoms with Gasteiger partial charge in [-0.1, -0.05) is 26.3 Å². The molecule has 0 bridgehead atoms. The summed E-state index contributed by atoms with van der Waals surface area (Å²) in [6.07, 6.45) is -2.01. The average molecular weight is 366 g/mol. The molecule has 1 saturated heterocycles. The first-order chi connectivity index (χ1) is 11.1. The Bertz CT molecular complexity index is 612. The van der Waals surface area contributed by atoms with Gasteiger partial charge in [-0.2, -0.15) is 17.5 Å². The molecule has 0 unspecified atom stereocenters. The number of alkyl halides is 3. The van der Waals surface area contributed by atoms with Gasteiger partial charge in [0.2, 0.25) is 10.0 Å². The number of rotatable bonds is 3. The van der Waals surface area contributed by atoms with Crippen LogP contribution in [0.25, 0.3) is 0 Å². The number of hydrogen-bond donors (Lipinski definition) is 1. The van der Waals surface area contributed by atoms with Gasteiger partial charge < -0.3 is 5.32 Å². The molecule has 1 aromatic carbocycles. The summed E-state index contributed by atoms with van der Waals surface area (Å²) in [6, 6.07) is 3.68. The second-order valence-corrected chi connectivity index (χ2v) is 7.73. The Labute approximate surface area is 142 Å². The Morgan fingerprint density at radius 1 is 1.21 bits per heavy atom. The average Bonchev–Trinajstić information content (AvgIpc) is 2.55. The van der Waals surface area contributed by atoms with Gasteiger partial charge in [-0.05, 0) is 44.1 Å². The van der Waals surface area contributed by atoms with Gasteiger partial charge >= 0.3 is 6.18 Å². The van der Waals surface area contributed by atoms with Crippen molar-refractivity contribution in [2.45, 2.75) is 50.2 Å². The van der Waals surface area contributed by atoms with Crippen LogP contribution >= 0.6 is 0 Å². The molecule has 8 heteroatoms. The third-order valence-electron chi connectivity index (χ3n) is 3.66. The summed E-state index contributed by atoms with van der Waals surface area (Å²) in [5.41, 5.74) is -0.956. The second-order valence-electron chi connectivity index (χ2n) is 5.74. The van der Waals surface area contributed by atoms with Crippen LogP contribution in [0.1, 0.15) is 38.7 Å². The molecule has 0 amide bonds. The quantitative estimate of drug-likeness (QED) is 0.891. The van der Waals surface area contributed by atoms with Crippen LogP contribution in [0.5, 0.6) is 0 Å². The SMILES string of the molecule is CCC.CN(C1CCNCC1)S(=O)(=O)c1cccc(C(F)(F)F)c1. The fourth-order valence-corrected chi connectivity index (χ4v) is 3.83. The molecule has 1 N–H and O–H groups in total. The number of sulfonamides is 1. The molecule has 1 aromatic rings. The molecule has 0 aliphatic carbocycles. The molecule has 138 valence electrons. The summed E-state index contributed by atoms with van der Waals surface area (Å²) in [4.78, 5) is -0.321. The second kappa shape index (κ2) is 8.82. The van der Waals surface area contributed by atoms with Gasteiger partial charge in [0.25, 0.3) is 0 Å². The summed E-state index contributed by atoms with van der Waals surface area (Å²) in [5.74, 6) is 0. The summed E-state index contributed by atoms with van der Waals surface area (Å²) >= 11 is 0. The molecule has 1 fully saturated rings. The van der Waals surface area contributed by atoms with Crippen molar-refractivity contribution in [3.05, 3.63) is 29.8 Å². The predicted molar refractivity (Wildman–Crippen MR) is 88.2 cm³/mol. The molecule has 0 atom stereocenters. The zero-order valence-electron chi connectivity index (χ0n) is 14.2. The molecule has 0 saturated carbocycles. The van der Waals surface area contributed by atoms with Crippen LogP contribution in [-0.4, -0.2) is 38.9 Å². The Kier molecular flexibility index (Phi) is 7.69. The minimum Gasteiger partial charge on any atom is -0.317 e. The molecule has 4 nitrogen and oxygen atoms in total. The molecule has 0 radical (unpaired) electrons. The molecule has 2 rings (SSSR count). The van der Waals surface area contributed by atoms with E-state index < -0.39 is 21.8 Å². The van der Waals surface area contributed by atoms with Gasteiger partial charge in [0.05, 0.1) is 10.5 Å². The van der Waals surface area contributed by atoms with E-state index in [0.717, 1.165) is 12.1 Å². The number of piperidine rings is 1. The highest BCUT2D eigenvalue weighted by atomic mass is 32.2. The van der Waals surface area contributed by atoms with Crippen LogP contribution in [0.4, 0.5) is 13.2 Å². The summed E-state index contributed by atoms with van der Waals surface area (Å²) in [5, 5.41) is 3.12. The van der Waals surface area contributed by atoms with Crippen molar-refractivity contribution >= 4 is 10.0 Å². The van der Waals surface area contributed by atoms with Crippen molar-refractivity contribution in [2.24, 2.45) is 0 Å². The van der Waals surface area contributed by atoms with E-state index in [1.54, 1.807) is 0 Å². The Morgan fingerprint density at radius 2 is 1.75 bits per heavy atom. The number of nitrogens with zero attached hydrogens (tertiary/aromatic N) is 1. The van der Waals surface area contributed by atoms with E-state index >= 15 is 0 Å². The van der Waals surface area contributed by atoms with Crippen LogP contribution in [0, 0.1) is 0 Å². The van der Waals surface area contributed by atoms with E-state index in [0.29, 0.717) is 32.0 Å². The Hall–Kier alpha value is -1.12. The van der Waals surface area contributed by atoms with Gasteiger partial charge in [-0.25, -0.2) is 8.42 Å². The smallest absolute Gasteiger partial charge is 0.317 e. The first-order valence-corrected chi connectivity index (χ1v) is 9.44. The fraction of sp³-hybridized carbons (Fsp3) is 0.625. The van der Waals surface area contributed by atoms with Crippen LogP contribution in [0.3, 0.4) is 0 Å². The molecular formula is C16H25F3N2O2S. The summed E-state index contributed by atoms with van der Waals surface area (Å²) in [7, 11) is -2.49. The zero-order chi connectivity index (χ0) is 18.4. The third-order valence-corrected chi connectivity index (χ3v) is 5.57. The molecule has 1 heterocycles. The lowest BCUT2D eigenvalue weighted by Gasteiger charge is -2.30. The van der Waals surface area contributed by atoms with E-state index in [2.05, 4.69) is 19.2 Å². The molecule has 1 aliphatic heterocycles. The van der Waals surface area contributed by atoms with Crippen molar-refractivity contribution < 1.29 is 21.6 Å². The van der Waals surface area contributed by atoms with Gasteiger partial charge in [0.1, 0.15) is 0 Å². The maximum atomic E-state index is 12.7. The zero-order valence-corrected chi connectivity index (χ0v) is 15.0. The number of halogens is 3. The van der Waals surface area contributed by atoms with E-state index in [1.165, 1.54) is 23.8 Å². The van der Waals surface area contributed by atoms with Crippen molar-refractivity contribution in [3.8, 4) is 0 Å². The molecule has 1 aliphatic rings. The fourth-order valence-electron chi connectivity index (χ4n) is 2.37. The van der Waals surface area contributed by atoms with E-state index in [4.69, 9.17) is 0 Å². The minimum absolute atomic E-state index is 0.189. The Morgan fingerprint density at radius 3 is 2.25 bits per heavy atom. The summed E-state index contributed by atoms with van der Waals surface area (Å²) < 4.78 is 64.2. The van der Waals surface area contributed by atoms with Crippen LogP contribution in [-0.2, 0) is 16.2 Å². The van der Waals surface area contributed by atoms with Gasteiger partial charge in [0.15, 0.2) is 0 Å².